The Hall–Kier alpha value is -1.49. The van der Waals surface area contributed by atoms with E-state index in [0.29, 0.717) is 17.0 Å². The molecule has 0 bridgehead atoms. The number of carbonyl (C=O) groups excluding carboxylic acids is 2. The number of unbranched alkanes of at least 4 members (excludes halogenated alkanes) is 1. The van der Waals surface area contributed by atoms with Gasteiger partial charge in [-0.3, -0.25) is 9.59 Å². The van der Waals surface area contributed by atoms with Crippen molar-refractivity contribution in [2.24, 2.45) is 0 Å². The molecule has 0 spiro atoms. The molecule has 20 heavy (non-hydrogen) atoms. The molecule has 0 aromatic heterocycles. The molecule has 0 aliphatic heterocycles. The molecule has 0 saturated carbocycles. The quantitative estimate of drug-likeness (QED) is 0.760. The number of rotatable bonds is 7. The third-order valence-corrected chi connectivity index (χ3v) is 4.00. The maximum absolute atomic E-state index is 11.8. The van der Waals surface area contributed by atoms with E-state index in [1.165, 1.54) is 0 Å². The highest BCUT2D eigenvalue weighted by molar-refractivity contribution is 7.99. The largest absolute Gasteiger partial charge is 0.355 e. The molecule has 0 radical (unpaired) electrons. The van der Waals surface area contributed by atoms with Gasteiger partial charge in [-0.2, -0.15) is 11.8 Å². The van der Waals surface area contributed by atoms with Gasteiger partial charge in [0.15, 0.2) is 0 Å². The monoisotopic (exact) mass is 294 g/mol. The van der Waals surface area contributed by atoms with Gasteiger partial charge in [-0.25, -0.2) is 0 Å². The molecular weight excluding hydrogens is 272 g/mol. The minimum absolute atomic E-state index is 0.0248. The molecule has 0 aliphatic carbocycles. The highest BCUT2D eigenvalue weighted by atomic mass is 32.2. The van der Waals surface area contributed by atoms with Gasteiger partial charge in [0.2, 0.25) is 5.91 Å². The topological polar surface area (TPSA) is 58.2 Å². The zero-order valence-corrected chi connectivity index (χ0v) is 13.1. The first-order valence-corrected chi connectivity index (χ1v) is 7.94. The Balaban J connectivity index is 2.64. The van der Waals surface area contributed by atoms with Crippen LogP contribution >= 0.6 is 11.8 Å². The van der Waals surface area contributed by atoms with E-state index in [1.54, 1.807) is 30.9 Å². The number of hydrogen-bond acceptors (Lipinski definition) is 3. The van der Waals surface area contributed by atoms with Crippen molar-refractivity contribution in [1.29, 1.82) is 0 Å². The van der Waals surface area contributed by atoms with Gasteiger partial charge in [0.25, 0.3) is 5.91 Å². The Kier molecular flexibility index (Phi) is 7.15. The van der Waals surface area contributed by atoms with Crippen LogP contribution in [0, 0.1) is 6.92 Å². The Morgan fingerprint density at radius 1 is 1.30 bits per heavy atom. The number of hydrogen-bond donors (Lipinski definition) is 2. The first kappa shape index (κ1) is 16.6. The molecule has 0 unspecified atom stereocenters. The van der Waals surface area contributed by atoms with Crippen molar-refractivity contribution in [3.05, 3.63) is 29.3 Å². The highest BCUT2D eigenvalue weighted by Crippen LogP contribution is 2.19. The maximum Gasteiger partial charge on any atom is 0.251 e. The summed E-state index contributed by atoms with van der Waals surface area (Å²) in [5.41, 5.74) is 2.08. The van der Waals surface area contributed by atoms with E-state index in [0.717, 1.165) is 24.2 Å². The van der Waals surface area contributed by atoms with Crippen LogP contribution < -0.4 is 10.6 Å². The highest BCUT2D eigenvalue weighted by Gasteiger charge is 2.11. The van der Waals surface area contributed by atoms with Crippen LogP contribution in [-0.2, 0) is 4.79 Å². The summed E-state index contributed by atoms with van der Waals surface area (Å²) >= 11 is 1.63. The van der Waals surface area contributed by atoms with E-state index in [1.807, 2.05) is 13.0 Å². The van der Waals surface area contributed by atoms with E-state index in [4.69, 9.17) is 0 Å². The number of anilines is 1. The van der Waals surface area contributed by atoms with Crippen LogP contribution in [0.4, 0.5) is 5.69 Å². The van der Waals surface area contributed by atoms with Gasteiger partial charge in [-0.05, 0) is 36.8 Å². The lowest BCUT2D eigenvalue weighted by atomic mass is 10.1. The summed E-state index contributed by atoms with van der Waals surface area (Å²) < 4.78 is 0. The second-order valence-electron chi connectivity index (χ2n) is 4.51. The van der Waals surface area contributed by atoms with E-state index in [9.17, 15) is 9.59 Å². The molecular formula is C15H22N2O2S. The third kappa shape index (κ3) is 4.89. The zero-order valence-electron chi connectivity index (χ0n) is 12.3. The van der Waals surface area contributed by atoms with Crippen molar-refractivity contribution in [2.45, 2.75) is 26.7 Å². The molecule has 0 aliphatic rings. The van der Waals surface area contributed by atoms with Crippen LogP contribution in [-0.4, -0.2) is 30.4 Å². The predicted molar refractivity (Wildman–Crippen MR) is 85.4 cm³/mol. The van der Waals surface area contributed by atoms with Crippen LogP contribution in [0.2, 0.25) is 0 Å². The van der Waals surface area contributed by atoms with Gasteiger partial charge >= 0.3 is 0 Å². The van der Waals surface area contributed by atoms with Gasteiger partial charge in [0, 0.05) is 18.3 Å². The smallest absolute Gasteiger partial charge is 0.251 e. The molecule has 2 N–H and O–H groups in total. The van der Waals surface area contributed by atoms with Crippen molar-refractivity contribution >= 4 is 29.3 Å². The van der Waals surface area contributed by atoms with Gasteiger partial charge in [0.1, 0.15) is 0 Å². The van der Waals surface area contributed by atoms with E-state index in [2.05, 4.69) is 17.6 Å². The fourth-order valence-corrected chi connectivity index (χ4v) is 2.64. The van der Waals surface area contributed by atoms with Crippen LogP contribution in [0.1, 0.15) is 35.7 Å². The first-order valence-electron chi connectivity index (χ1n) is 6.79. The predicted octanol–water partition coefficient (Wildman–Crippen LogP) is 2.83. The summed E-state index contributed by atoms with van der Waals surface area (Å²) in [4.78, 5) is 23.5. The summed E-state index contributed by atoms with van der Waals surface area (Å²) in [6.45, 7) is 3.97. The average molecular weight is 294 g/mol. The average Bonchev–Trinajstić information content (AvgIpc) is 2.45. The van der Waals surface area contributed by atoms with Crippen LogP contribution in [0.5, 0.6) is 0 Å². The molecule has 5 heteroatoms. The normalized spacial score (nSPS) is 10.2. The van der Waals surface area contributed by atoms with E-state index < -0.39 is 0 Å². The van der Waals surface area contributed by atoms with E-state index >= 15 is 0 Å². The second kappa shape index (κ2) is 8.64. The Morgan fingerprint density at radius 2 is 2.05 bits per heavy atom. The third-order valence-electron chi connectivity index (χ3n) is 2.95. The summed E-state index contributed by atoms with van der Waals surface area (Å²) in [5, 5.41) is 5.46. The molecule has 0 atom stereocenters. The van der Waals surface area contributed by atoms with Crippen molar-refractivity contribution in [3.63, 3.8) is 0 Å². The minimum Gasteiger partial charge on any atom is -0.355 e. The number of carbonyl (C=O) groups is 2. The zero-order chi connectivity index (χ0) is 15.0. The summed E-state index contributed by atoms with van der Waals surface area (Å²) in [6, 6.07) is 5.34. The minimum atomic E-state index is -0.143. The summed E-state index contributed by atoms with van der Waals surface area (Å²) in [7, 11) is 1.59. The van der Waals surface area contributed by atoms with Gasteiger partial charge < -0.3 is 10.6 Å². The van der Waals surface area contributed by atoms with Gasteiger partial charge in [-0.15, -0.1) is 0 Å². The molecule has 4 nitrogen and oxygen atoms in total. The van der Waals surface area contributed by atoms with Gasteiger partial charge in [0.05, 0.1) is 5.75 Å². The fraction of sp³-hybridized carbons (Fsp3) is 0.467. The fourth-order valence-electron chi connectivity index (χ4n) is 1.75. The summed E-state index contributed by atoms with van der Waals surface area (Å²) in [6.07, 6.45) is 2.27. The number of benzene rings is 1. The molecule has 110 valence electrons. The maximum atomic E-state index is 11.8. The SMILES string of the molecule is CCCCSCC(=O)Nc1cccc(C(=O)NC)c1C. The van der Waals surface area contributed by atoms with Crippen LogP contribution in [0.25, 0.3) is 0 Å². The lowest BCUT2D eigenvalue weighted by Crippen LogP contribution is -2.20. The van der Waals surface area contributed by atoms with E-state index in [-0.39, 0.29) is 11.8 Å². The molecule has 1 aromatic rings. The molecule has 1 rings (SSSR count). The lowest BCUT2D eigenvalue weighted by Gasteiger charge is -2.11. The number of nitrogens with one attached hydrogen (secondary N) is 2. The standard InChI is InChI=1S/C15H22N2O2S/c1-4-5-9-20-10-14(18)17-13-8-6-7-12(11(13)2)15(19)16-3/h6-8H,4-5,9-10H2,1-3H3,(H,16,19)(H,17,18). The van der Waals surface area contributed by atoms with Crippen molar-refractivity contribution in [1.82, 2.24) is 5.32 Å². The van der Waals surface area contributed by atoms with Crippen LogP contribution in [0.15, 0.2) is 18.2 Å². The molecule has 0 fully saturated rings. The summed E-state index contributed by atoms with van der Waals surface area (Å²) in [5.74, 6) is 1.28. The lowest BCUT2D eigenvalue weighted by molar-refractivity contribution is -0.113. The van der Waals surface area contributed by atoms with Gasteiger partial charge in [-0.1, -0.05) is 19.4 Å². The number of thioether (sulfide) groups is 1. The van der Waals surface area contributed by atoms with Crippen molar-refractivity contribution in [3.8, 4) is 0 Å². The Bertz CT molecular complexity index is 475. The van der Waals surface area contributed by atoms with Crippen molar-refractivity contribution < 1.29 is 9.59 Å². The van der Waals surface area contributed by atoms with Crippen LogP contribution in [0.3, 0.4) is 0 Å². The molecule has 0 heterocycles. The molecule has 1 aromatic carbocycles. The second-order valence-corrected chi connectivity index (χ2v) is 5.62. The first-order chi connectivity index (χ1) is 9.60. The molecule has 0 saturated heterocycles. The Morgan fingerprint density at radius 3 is 2.70 bits per heavy atom. The molecule has 2 amide bonds. The van der Waals surface area contributed by atoms with Crippen molar-refractivity contribution in [2.75, 3.05) is 23.9 Å². The number of amides is 2. The Labute approximate surface area is 124 Å².